The second-order valence-corrected chi connectivity index (χ2v) is 6.30. The number of thioether (sulfide) groups is 1. The topological polar surface area (TPSA) is 51.2 Å². The summed E-state index contributed by atoms with van der Waals surface area (Å²) in [5, 5.41) is 4.93. The molecule has 1 aromatic heterocycles. The third-order valence-electron chi connectivity index (χ3n) is 3.53. The number of carbonyl (C=O) groups is 1. The first-order valence-electron chi connectivity index (χ1n) is 7.68. The number of fused-ring (bicyclic) bond motifs is 1. The highest BCUT2D eigenvalue weighted by Gasteiger charge is 2.07. The van der Waals surface area contributed by atoms with E-state index in [2.05, 4.69) is 16.4 Å². The Balaban J connectivity index is 1.54. The number of para-hydroxylation sites is 3. The van der Waals surface area contributed by atoms with Gasteiger partial charge in [0, 0.05) is 17.6 Å². The minimum Gasteiger partial charge on any atom is -0.495 e. The van der Waals surface area contributed by atoms with Crippen LogP contribution < -0.4 is 10.1 Å². The van der Waals surface area contributed by atoms with Crippen molar-refractivity contribution in [1.82, 2.24) is 4.98 Å². The molecule has 1 amide bonds. The molecule has 0 unspecified atom stereocenters. The van der Waals surface area contributed by atoms with E-state index in [1.54, 1.807) is 18.9 Å². The highest BCUT2D eigenvalue weighted by molar-refractivity contribution is 7.99. The number of ether oxygens (including phenoxy) is 1. The quantitative estimate of drug-likeness (QED) is 0.678. The molecule has 0 radical (unpaired) electrons. The zero-order valence-electron chi connectivity index (χ0n) is 13.4. The van der Waals surface area contributed by atoms with Gasteiger partial charge in [-0.3, -0.25) is 4.79 Å². The van der Waals surface area contributed by atoms with Crippen molar-refractivity contribution in [2.45, 2.75) is 11.4 Å². The Morgan fingerprint density at radius 3 is 2.75 bits per heavy atom. The monoisotopic (exact) mass is 338 g/mol. The summed E-state index contributed by atoms with van der Waals surface area (Å²) < 4.78 is 5.23. The third-order valence-corrected chi connectivity index (χ3v) is 4.46. The third kappa shape index (κ3) is 4.06. The number of hydrogen-bond acceptors (Lipinski definition) is 4. The van der Waals surface area contributed by atoms with Crippen molar-refractivity contribution in [3.63, 3.8) is 0 Å². The van der Waals surface area contributed by atoms with E-state index in [1.807, 2.05) is 54.6 Å². The van der Waals surface area contributed by atoms with Crippen LogP contribution in [0.5, 0.6) is 5.75 Å². The molecule has 0 bridgehead atoms. The zero-order valence-corrected chi connectivity index (χ0v) is 14.2. The fourth-order valence-corrected chi connectivity index (χ4v) is 3.16. The molecule has 0 saturated heterocycles. The van der Waals surface area contributed by atoms with Gasteiger partial charge in [0.1, 0.15) is 5.75 Å². The Bertz CT molecular complexity index is 851. The van der Waals surface area contributed by atoms with Gasteiger partial charge in [0.2, 0.25) is 5.91 Å². The number of anilines is 1. The molecule has 0 aliphatic rings. The number of rotatable bonds is 6. The highest BCUT2D eigenvalue weighted by Crippen LogP contribution is 2.24. The maximum Gasteiger partial charge on any atom is 0.225 e. The van der Waals surface area contributed by atoms with Crippen LogP contribution in [0.4, 0.5) is 5.69 Å². The normalized spacial score (nSPS) is 10.5. The Morgan fingerprint density at radius 1 is 1.08 bits per heavy atom. The molecule has 4 nitrogen and oxygen atoms in total. The van der Waals surface area contributed by atoms with E-state index in [1.165, 1.54) is 0 Å². The molecular weight excluding hydrogens is 320 g/mol. The smallest absolute Gasteiger partial charge is 0.225 e. The predicted molar refractivity (Wildman–Crippen MR) is 98.7 cm³/mol. The van der Waals surface area contributed by atoms with E-state index in [4.69, 9.17) is 4.74 Å². The Kier molecular flexibility index (Phi) is 5.33. The standard InChI is InChI=1S/C19H18N2O2S/c1-23-17-9-5-4-8-16(17)20-18(22)12-13-24-19-11-10-14-6-2-3-7-15(14)21-19/h2-11H,12-13H2,1H3,(H,20,22). The summed E-state index contributed by atoms with van der Waals surface area (Å²) in [5.41, 5.74) is 1.67. The van der Waals surface area contributed by atoms with Crippen molar-refractivity contribution >= 4 is 34.3 Å². The molecule has 1 heterocycles. The van der Waals surface area contributed by atoms with Crippen LogP contribution in [0.3, 0.4) is 0 Å². The largest absolute Gasteiger partial charge is 0.495 e. The van der Waals surface area contributed by atoms with Crippen LogP contribution in [0, 0.1) is 0 Å². The SMILES string of the molecule is COc1ccccc1NC(=O)CCSc1ccc2ccccc2n1. The summed E-state index contributed by atoms with van der Waals surface area (Å²) in [6.07, 6.45) is 0.414. The molecule has 5 heteroatoms. The lowest BCUT2D eigenvalue weighted by atomic mass is 10.2. The average Bonchev–Trinajstić information content (AvgIpc) is 2.62. The first kappa shape index (κ1) is 16.3. The van der Waals surface area contributed by atoms with Gasteiger partial charge >= 0.3 is 0 Å². The lowest BCUT2D eigenvalue weighted by Gasteiger charge is -2.09. The fraction of sp³-hybridized carbons (Fsp3) is 0.158. The second-order valence-electron chi connectivity index (χ2n) is 5.19. The molecule has 3 rings (SSSR count). The van der Waals surface area contributed by atoms with E-state index in [9.17, 15) is 4.79 Å². The molecule has 0 aliphatic heterocycles. The van der Waals surface area contributed by atoms with Crippen molar-refractivity contribution in [2.24, 2.45) is 0 Å². The number of benzene rings is 2. The maximum absolute atomic E-state index is 12.1. The van der Waals surface area contributed by atoms with Gasteiger partial charge in [-0.1, -0.05) is 36.4 Å². The number of amides is 1. The minimum atomic E-state index is -0.0345. The zero-order chi connectivity index (χ0) is 16.8. The van der Waals surface area contributed by atoms with Crippen LogP contribution in [0.1, 0.15) is 6.42 Å². The van der Waals surface area contributed by atoms with Gasteiger partial charge in [0.25, 0.3) is 0 Å². The van der Waals surface area contributed by atoms with Gasteiger partial charge < -0.3 is 10.1 Å². The van der Waals surface area contributed by atoms with Crippen molar-refractivity contribution < 1.29 is 9.53 Å². The van der Waals surface area contributed by atoms with Crippen molar-refractivity contribution in [1.29, 1.82) is 0 Å². The molecule has 0 spiro atoms. The second kappa shape index (κ2) is 7.84. The van der Waals surface area contributed by atoms with E-state index < -0.39 is 0 Å². The van der Waals surface area contributed by atoms with Crippen LogP contribution in [0.25, 0.3) is 10.9 Å². The number of pyridine rings is 1. The molecular formula is C19H18N2O2S. The average molecular weight is 338 g/mol. The minimum absolute atomic E-state index is 0.0345. The molecule has 0 saturated carbocycles. The lowest BCUT2D eigenvalue weighted by Crippen LogP contribution is -2.12. The number of carbonyl (C=O) groups excluding carboxylic acids is 1. The highest BCUT2D eigenvalue weighted by atomic mass is 32.2. The number of hydrogen-bond donors (Lipinski definition) is 1. The molecule has 3 aromatic rings. The van der Waals surface area contributed by atoms with Crippen molar-refractivity contribution in [3.05, 3.63) is 60.7 Å². The van der Waals surface area contributed by atoms with E-state index in [0.29, 0.717) is 23.6 Å². The number of aromatic nitrogens is 1. The Labute approximate surface area is 145 Å². The summed E-state index contributed by atoms with van der Waals surface area (Å²) in [5.74, 6) is 1.30. The van der Waals surface area contributed by atoms with E-state index in [0.717, 1.165) is 15.9 Å². The van der Waals surface area contributed by atoms with E-state index in [-0.39, 0.29) is 5.91 Å². The molecule has 122 valence electrons. The summed E-state index contributed by atoms with van der Waals surface area (Å²) in [4.78, 5) is 16.7. The predicted octanol–water partition coefficient (Wildman–Crippen LogP) is 4.36. The van der Waals surface area contributed by atoms with Gasteiger partial charge in [-0.15, -0.1) is 11.8 Å². The van der Waals surface area contributed by atoms with Crippen molar-refractivity contribution in [3.8, 4) is 5.75 Å². The number of nitrogens with one attached hydrogen (secondary N) is 1. The fourth-order valence-electron chi connectivity index (χ4n) is 2.34. The molecule has 2 aromatic carbocycles. The van der Waals surface area contributed by atoms with Crippen LogP contribution in [0.2, 0.25) is 0 Å². The number of nitrogens with zero attached hydrogens (tertiary/aromatic N) is 1. The first-order chi connectivity index (χ1) is 11.8. The van der Waals surface area contributed by atoms with Crippen LogP contribution in [-0.4, -0.2) is 23.8 Å². The van der Waals surface area contributed by atoms with E-state index >= 15 is 0 Å². The van der Waals surface area contributed by atoms with Gasteiger partial charge in [0.05, 0.1) is 23.3 Å². The summed E-state index contributed by atoms with van der Waals surface area (Å²) in [7, 11) is 1.59. The van der Waals surface area contributed by atoms with Gasteiger partial charge in [-0.2, -0.15) is 0 Å². The molecule has 0 atom stereocenters. The lowest BCUT2D eigenvalue weighted by molar-refractivity contribution is -0.115. The van der Waals surface area contributed by atoms with Crippen LogP contribution in [-0.2, 0) is 4.79 Å². The van der Waals surface area contributed by atoms with Gasteiger partial charge in [-0.25, -0.2) is 4.98 Å². The van der Waals surface area contributed by atoms with Gasteiger partial charge in [0.15, 0.2) is 0 Å². The maximum atomic E-state index is 12.1. The van der Waals surface area contributed by atoms with Crippen molar-refractivity contribution in [2.75, 3.05) is 18.2 Å². The van der Waals surface area contributed by atoms with Crippen LogP contribution >= 0.6 is 11.8 Å². The Morgan fingerprint density at radius 2 is 1.88 bits per heavy atom. The molecule has 0 aliphatic carbocycles. The Hall–Kier alpha value is -2.53. The van der Waals surface area contributed by atoms with Gasteiger partial charge in [-0.05, 0) is 24.3 Å². The van der Waals surface area contributed by atoms with Crippen LogP contribution in [0.15, 0.2) is 65.7 Å². The molecule has 1 N–H and O–H groups in total. The summed E-state index contributed by atoms with van der Waals surface area (Å²) in [6, 6.07) is 19.4. The molecule has 0 fully saturated rings. The molecule has 24 heavy (non-hydrogen) atoms. The summed E-state index contributed by atoms with van der Waals surface area (Å²) >= 11 is 1.58. The first-order valence-corrected chi connectivity index (χ1v) is 8.66. The summed E-state index contributed by atoms with van der Waals surface area (Å²) in [6.45, 7) is 0. The number of methoxy groups -OCH3 is 1.